The Bertz CT molecular complexity index is 6450. The minimum atomic E-state index is -0.106. The molecular formula is C101H94BrN11O15S5. The third-order valence-electron chi connectivity index (χ3n) is 25.2. The number of carbonyl (C=O) groups is 5. The lowest BCUT2D eigenvalue weighted by Crippen LogP contribution is -2.43. The van der Waals surface area contributed by atoms with Crippen molar-refractivity contribution in [2.45, 2.75) is 141 Å². The van der Waals surface area contributed by atoms with Gasteiger partial charge >= 0.3 is 0 Å². The van der Waals surface area contributed by atoms with Gasteiger partial charge in [-0.3, -0.25) is 48.9 Å². The van der Waals surface area contributed by atoms with E-state index in [1.807, 2.05) is 69.5 Å². The van der Waals surface area contributed by atoms with Crippen LogP contribution in [0.2, 0.25) is 0 Å². The molecule has 0 aliphatic carbocycles. The number of alkyl halides is 1. The van der Waals surface area contributed by atoms with E-state index in [0.29, 0.717) is 147 Å². The zero-order chi connectivity index (χ0) is 90.7. The van der Waals surface area contributed by atoms with E-state index < -0.39 is 0 Å². The minimum absolute atomic E-state index is 0. The Labute approximate surface area is 797 Å². The molecular weight excluding hydrogens is 1850 g/mol. The number of rotatable bonds is 20. The lowest BCUT2D eigenvalue weighted by Gasteiger charge is -2.32. The number of ether oxygens (including phenoxy) is 9. The molecule has 0 saturated heterocycles. The van der Waals surface area contributed by atoms with E-state index in [1.165, 1.54) is 65.4 Å². The molecule has 0 spiro atoms. The quantitative estimate of drug-likeness (QED) is 0.0695. The number of aromatic hydroxyl groups is 1. The number of benzene rings is 7. The summed E-state index contributed by atoms with van der Waals surface area (Å²) in [7, 11) is 11.8. The van der Waals surface area contributed by atoms with Crippen LogP contribution in [0.5, 0.6) is 57.5 Å². The van der Waals surface area contributed by atoms with E-state index in [0.717, 1.165) is 65.5 Å². The van der Waals surface area contributed by atoms with Crippen molar-refractivity contribution in [1.29, 1.82) is 0 Å². The van der Waals surface area contributed by atoms with Crippen LogP contribution in [0.25, 0.3) is 0 Å². The first-order chi connectivity index (χ1) is 64.3. The topological polar surface area (TPSA) is 270 Å². The van der Waals surface area contributed by atoms with Crippen LogP contribution in [0.15, 0.2) is 179 Å². The highest BCUT2D eigenvalue weighted by molar-refractivity contribution is 9.08. The van der Waals surface area contributed by atoms with Gasteiger partial charge in [0.25, 0.3) is 29.5 Å². The molecule has 5 amide bonds. The highest BCUT2D eigenvalue weighted by Crippen LogP contribution is 2.47. The van der Waals surface area contributed by atoms with E-state index in [4.69, 9.17) is 62.6 Å². The molecule has 10 aliphatic rings. The third-order valence-corrected chi connectivity index (χ3v) is 30.6. The Morgan fingerprint density at radius 2 is 0.564 bits per heavy atom. The number of hydrogen-bond donors (Lipinski definition) is 1. The Hall–Kier alpha value is -12.8. The normalized spacial score (nSPS) is 18.1. The Morgan fingerprint density at radius 3 is 0.805 bits per heavy atom. The van der Waals surface area contributed by atoms with Crippen molar-refractivity contribution in [1.82, 2.24) is 29.4 Å². The summed E-state index contributed by atoms with van der Waals surface area (Å²) in [6.45, 7) is 4.60. The van der Waals surface area contributed by atoms with Crippen molar-refractivity contribution < 1.29 is 71.7 Å². The lowest BCUT2D eigenvalue weighted by atomic mass is 10.0. The van der Waals surface area contributed by atoms with Crippen LogP contribution in [0.1, 0.15) is 145 Å². The maximum Gasteiger partial charge on any atom is 0.257 e. The molecule has 0 fully saturated rings. The summed E-state index contributed by atoms with van der Waals surface area (Å²) in [5.41, 5.74) is 17.5. The first-order valence-electron chi connectivity index (χ1n) is 43.1. The summed E-state index contributed by atoms with van der Waals surface area (Å²) >= 11 is 12.0. The number of fused-ring (bicyclic) bond motifs is 15. The van der Waals surface area contributed by atoms with Crippen molar-refractivity contribution in [3.8, 4) is 57.5 Å². The van der Waals surface area contributed by atoms with Gasteiger partial charge in [-0.25, -0.2) is 0 Å². The van der Waals surface area contributed by atoms with Crippen molar-refractivity contribution in [3.63, 3.8) is 0 Å². The van der Waals surface area contributed by atoms with Crippen molar-refractivity contribution in [3.05, 3.63) is 268 Å². The highest BCUT2D eigenvalue weighted by atomic mass is 79.9. The molecule has 22 rings (SSSR count). The number of thiophene rings is 5. The summed E-state index contributed by atoms with van der Waals surface area (Å²) in [6, 6.07) is 39.9. The van der Waals surface area contributed by atoms with Gasteiger partial charge < -0.3 is 77.1 Å². The molecule has 10 aliphatic heterocycles. The van der Waals surface area contributed by atoms with Gasteiger partial charge in [0, 0.05) is 97.7 Å². The van der Waals surface area contributed by atoms with E-state index >= 15 is 0 Å². The van der Waals surface area contributed by atoms with Gasteiger partial charge in [-0.2, -0.15) is 0 Å². The molecule has 26 nitrogen and oxygen atoms in total. The van der Waals surface area contributed by atoms with Crippen LogP contribution in [-0.4, -0.2) is 175 Å². The van der Waals surface area contributed by atoms with E-state index in [2.05, 4.69) is 113 Å². The van der Waals surface area contributed by atoms with Gasteiger partial charge in [0.05, 0.1) is 155 Å². The number of aliphatic imine (C=N–C) groups is 5. The molecule has 680 valence electrons. The Morgan fingerprint density at radius 1 is 0.331 bits per heavy atom. The molecule has 0 radical (unpaired) electrons. The molecule has 5 aromatic heterocycles. The SMILES string of the molecule is C.COc1cc2c(cc1O)N=C[C@@H]1Cc3ccsc3CN1C2=O.COc1cc2c(cc1OCc1cc(CBr)cc(COc3cc4c(cc3OC)C(=O)N3Cc5sccc5C[C@H]3C=N4)c1)N=C[C@@H]1Cc3ccsc3CN1C2=O.COc1cc2c(cc1OCc1cc(COc3cc4c(cc3OC)C(=O)N3Cc5sccc5C[C@H]3C=N4)cc(CN(C)C)c1)N=C[C@@H]1Cc3ccsc3CN1C2=O. The maximum atomic E-state index is 13.8. The number of methoxy groups -OCH3 is 5. The Kier molecular flexibility index (Phi) is 25.6. The fourth-order valence-electron chi connectivity index (χ4n) is 18.4. The average Bonchev–Trinajstić information content (AvgIpc) is 1.66. The molecule has 0 bridgehead atoms. The van der Waals surface area contributed by atoms with Crippen molar-refractivity contribution in [2.75, 3.05) is 49.6 Å². The van der Waals surface area contributed by atoms with Crippen LogP contribution in [-0.2, 0) is 103 Å². The first kappa shape index (κ1) is 89.4. The zero-order valence-electron chi connectivity index (χ0n) is 73.1. The molecule has 15 heterocycles. The summed E-state index contributed by atoms with van der Waals surface area (Å²) in [6.07, 6.45) is 13.1. The van der Waals surface area contributed by atoms with Crippen LogP contribution in [0.3, 0.4) is 0 Å². The second-order valence-corrected chi connectivity index (χ2v) is 39.3. The summed E-state index contributed by atoms with van der Waals surface area (Å²) in [5.74, 6) is 3.81. The molecule has 0 saturated carbocycles. The minimum Gasteiger partial charge on any atom is -0.504 e. The van der Waals surface area contributed by atoms with Gasteiger partial charge in [0.1, 0.15) is 26.4 Å². The number of amides is 5. The monoisotopic (exact) mass is 1940 g/mol. The molecule has 5 atom stereocenters. The average molecular weight is 1940 g/mol. The van der Waals surface area contributed by atoms with Crippen molar-refractivity contribution in [2.24, 2.45) is 25.0 Å². The summed E-state index contributed by atoms with van der Waals surface area (Å²) in [4.78, 5) is 109. The largest absolute Gasteiger partial charge is 0.504 e. The van der Waals surface area contributed by atoms with Crippen molar-refractivity contribution >= 4 is 162 Å². The van der Waals surface area contributed by atoms with Gasteiger partial charge in [-0.15, -0.1) is 56.7 Å². The molecule has 7 aromatic carbocycles. The molecule has 1 N–H and O–H groups in total. The second-order valence-electron chi connectivity index (χ2n) is 33.7. The van der Waals surface area contributed by atoms with E-state index in [1.54, 1.807) is 146 Å². The first-order valence-corrected chi connectivity index (χ1v) is 48.6. The smallest absolute Gasteiger partial charge is 0.257 e. The van der Waals surface area contributed by atoms with E-state index in [9.17, 15) is 29.1 Å². The number of hydrogen-bond acceptors (Lipinski definition) is 26. The molecule has 32 heteroatoms. The Balaban J connectivity index is 0.000000139. The number of halogens is 1. The zero-order valence-corrected chi connectivity index (χ0v) is 78.8. The number of phenolic OH excluding ortho intramolecular Hbond substituents is 1. The fraction of sp³-hybridized carbons (Fsp3) is 0.287. The van der Waals surface area contributed by atoms with Crippen LogP contribution in [0.4, 0.5) is 28.4 Å². The lowest BCUT2D eigenvalue weighted by molar-refractivity contribution is 0.0698. The third kappa shape index (κ3) is 17.9. The van der Waals surface area contributed by atoms with Gasteiger partial charge in [-0.05, 0) is 207 Å². The second kappa shape index (κ2) is 38.0. The van der Waals surface area contributed by atoms with Gasteiger partial charge in [-0.1, -0.05) is 47.6 Å². The van der Waals surface area contributed by atoms with Gasteiger partial charge in [0.2, 0.25) is 0 Å². The predicted octanol–water partition coefficient (Wildman–Crippen LogP) is 19.4. The molecule has 0 unspecified atom stereocenters. The molecule has 133 heavy (non-hydrogen) atoms. The number of phenols is 1. The van der Waals surface area contributed by atoms with Crippen LogP contribution < -0.4 is 42.6 Å². The summed E-state index contributed by atoms with van der Waals surface area (Å²) in [5, 5.41) is 20.9. The van der Waals surface area contributed by atoms with E-state index in [-0.39, 0.29) is 105 Å². The van der Waals surface area contributed by atoms with Crippen LogP contribution in [0, 0.1) is 0 Å². The van der Waals surface area contributed by atoms with Crippen LogP contribution >= 0.6 is 72.6 Å². The predicted molar refractivity (Wildman–Crippen MR) is 523 cm³/mol. The maximum absolute atomic E-state index is 13.8. The fourth-order valence-corrected chi connectivity index (χ4v) is 23.3. The standard InChI is InChI=1S/C43H41N5O6S2.C41H35BrN4O6S2.C16H14N2O3S.CH4/c1-46(2)20-25-9-26(23-53-38-16-34-32(14-36(38)51-3)42(49)47-21-40-28(5-7-55-40)12-30(47)18-44-34)11-27(10-25)24-54-39-17-35-33(15-37(39)52-4)43(50)48-22-41-29(6-8-56-41)13-31(48)19-45-35;1-49-34-12-30-32(43-17-28-10-26-3-5-53-38(26)19-45(28)40(30)47)14-36(34)51-21-24-7-23(16-42)8-25(9-24)22-52-37-15-33-31(13-35(37)50-2)41(48)46-20-39-27(4-6-54-39)11-29(46)18-44-33;1-21-14-5-11-12(6-13(14)19)17-7-10-4-9-2-3-22-15(9)8-18(10)16(11)20;/h5-11,14-19,30-31H,12-13,20-24H2,1-4H3;3-9,12-15,17-18,28-29H,10-11,16,19-22H2,1-2H3;2-3,5-7,10,19H,4,8H2,1H3;1H4/t30-,31-;28-,29-;10-;/m000./s1. The highest BCUT2D eigenvalue weighted by Gasteiger charge is 2.41. The molecule has 12 aromatic rings. The van der Waals surface area contributed by atoms with Gasteiger partial charge in [0.15, 0.2) is 57.5 Å². The number of nitrogens with zero attached hydrogens (tertiary/aromatic N) is 11. The number of carbonyl (C=O) groups excluding carboxylic acids is 5. The summed E-state index contributed by atoms with van der Waals surface area (Å²) < 4.78 is 53.6.